The van der Waals surface area contributed by atoms with Crippen LogP contribution in [0.2, 0.25) is 0 Å². The van der Waals surface area contributed by atoms with E-state index in [1.54, 1.807) is 0 Å². The average molecular weight is 265 g/mol. The van der Waals surface area contributed by atoms with Crippen LogP contribution in [0.1, 0.15) is 0 Å². The van der Waals surface area contributed by atoms with E-state index < -0.39 is 0 Å². The normalized spacial score (nSPS) is 10.7. The molecular weight excluding hydrogens is 250 g/mol. The van der Waals surface area contributed by atoms with Crippen LogP contribution in [-0.2, 0) is 0 Å². The Morgan fingerprint density at radius 1 is 1.00 bits per heavy atom. The van der Waals surface area contributed by atoms with E-state index >= 15 is 0 Å². The number of para-hydroxylation sites is 1. The molecule has 1 aromatic heterocycles. The highest BCUT2D eigenvalue weighted by molar-refractivity contribution is 5.93. The van der Waals surface area contributed by atoms with Gasteiger partial charge in [-0.1, -0.05) is 30.3 Å². The minimum atomic E-state index is -0.165. The molecule has 0 amide bonds. The Morgan fingerprint density at radius 3 is 2.40 bits per heavy atom. The first kappa shape index (κ1) is 12.4. The summed E-state index contributed by atoms with van der Waals surface area (Å²) in [6, 6.07) is 15.6. The Kier molecular flexibility index (Phi) is 2.99. The van der Waals surface area contributed by atoms with Crippen LogP contribution in [0.25, 0.3) is 22.0 Å². The maximum Gasteiger partial charge on any atom is 0.272 e. The van der Waals surface area contributed by atoms with Gasteiger partial charge in [0.05, 0.1) is 11.1 Å². The second kappa shape index (κ2) is 4.81. The lowest BCUT2D eigenvalue weighted by Crippen LogP contribution is -2.12. The van der Waals surface area contributed by atoms with Crippen molar-refractivity contribution in [2.45, 2.75) is 0 Å². The molecule has 0 aliphatic heterocycles. The average Bonchev–Trinajstić information content (AvgIpc) is 2.47. The highest BCUT2D eigenvalue weighted by Crippen LogP contribution is 2.25. The van der Waals surface area contributed by atoms with Crippen molar-refractivity contribution in [3.63, 3.8) is 0 Å². The molecule has 2 aromatic carbocycles. The molecule has 3 aromatic rings. The molecule has 20 heavy (non-hydrogen) atoms. The number of aromatic amines is 1. The van der Waals surface area contributed by atoms with Crippen molar-refractivity contribution in [3.05, 3.63) is 58.9 Å². The molecule has 100 valence electrons. The number of benzene rings is 2. The molecule has 1 N–H and O–H groups in total. The maximum absolute atomic E-state index is 12.1. The van der Waals surface area contributed by atoms with Gasteiger partial charge in [-0.05, 0) is 23.8 Å². The minimum Gasteiger partial charge on any atom is -0.378 e. The summed E-state index contributed by atoms with van der Waals surface area (Å²) >= 11 is 0. The first-order valence-electron chi connectivity index (χ1n) is 6.42. The second-order valence-corrected chi connectivity index (χ2v) is 4.89. The molecule has 1 heterocycles. The first-order chi connectivity index (χ1) is 9.66. The van der Waals surface area contributed by atoms with Crippen LogP contribution < -0.4 is 10.5 Å². The van der Waals surface area contributed by atoms with E-state index in [0.29, 0.717) is 5.56 Å². The Balaban J connectivity index is 2.23. The van der Waals surface area contributed by atoms with Crippen LogP contribution in [0.15, 0.2) is 53.3 Å². The molecule has 0 aliphatic carbocycles. The fourth-order valence-electron chi connectivity index (χ4n) is 2.28. The third-order valence-electron chi connectivity index (χ3n) is 3.35. The van der Waals surface area contributed by atoms with Crippen molar-refractivity contribution < 1.29 is 0 Å². The van der Waals surface area contributed by atoms with E-state index in [9.17, 15) is 4.79 Å². The van der Waals surface area contributed by atoms with Crippen LogP contribution in [-0.4, -0.2) is 24.3 Å². The molecule has 0 saturated heterocycles. The SMILES string of the molecule is CN(C)c1ccc(-c2c(=O)[nH]nc3ccccc23)cc1. The predicted octanol–water partition coefficient (Wildman–Crippen LogP) is 2.66. The number of hydrogen-bond acceptors (Lipinski definition) is 3. The molecule has 0 atom stereocenters. The van der Waals surface area contributed by atoms with E-state index in [4.69, 9.17) is 0 Å². The molecule has 0 aliphatic rings. The lowest BCUT2D eigenvalue weighted by atomic mass is 10.0. The number of H-pyrrole nitrogens is 1. The molecule has 4 heteroatoms. The van der Waals surface area contributed by atoms with Crippen LogP contribution in [0.5, 0.6) is 0 Å². The van der Waals surface area contributed by atoms with Gasteiger partial charge in [-0.25, -0.2) is 5.10 Å². The number of anilines is 1. The molecular formula is C16H15N3O. The number of aromatic nitrogens is 2. The molecule has 0 spiro atoms. The van der Waals surface area contributed by atoms with Gasteiger partial charge < -0.3 is 4.90 Å². The van der Waals surface area contributed by atoms with Crippen molar-refractivity contribution in [3.8, 4) is 11.1 Å². The number of hydrogen-bond donors (Lipinski definition) is 1. The Labute approximate surface area is 116 Å². The zero-order valence-electron chi connectivity index (χ0n) is 11.4. The molecule has 4 nitrogen and oxygen atoms in total. The van der Waals surface area contributed by atoms with Crippen molar-refractivity contribution in [2.24, 2.45) is 0 Å². The Bertz CT molecular complexity index is 804. The molecule has 0 saturated carbocycles. The van der Waals surface area contributed by atoms with Crippen molar-refractivity contribution in [1.82, 2.24) is 10.2 Å². The van der Waals surface area contributed by atoms with Crippen LogP contribution in [0.3, 0.4) is 0 Å². The lowest BCUT2D eigenvalue weighted by Gasteiger charge is -2.13. The van der Waals surface area contributed by atoms with Gasteiger partial charge in [0.1, 0.15) is 0 Å². The van der Waals surface area contributed by atoms with Gasteiger partial charge in [0.15, 0.2) is 0 Å². The monoisotopic (exact) mass is 265 g/mol. The van der Waals surface area contributed by atoms with Crippen LogP contribution in [0, 0.1) is 0 Å². The molecule has 0 fully saturated rings. The number of rotatable bonds is 2. The number of nitrogens with one attached hydrogen (secondary N) is 1. The fraction of sp³-hybridized carbons (Fsp3) is 0.125. The van der Waals surface area contributed by atoms with Crippen LogP contribution in [0.4, 0.5) is 5.69 Å². The largest absolute Gasteiger partial charge is 0.378 e. The van der Waals surface area contributed by atoms with Crippen LogP contribution >= 0.6 is 0 Å². The van der Waals surface area contributed by atoms with Crippen molar-refractivity contribution >= 4 is 16.6 Å². The van der Waals surface area contributed by atoms with Gasteiger partial charge in [0.2, 0.25) is 0 Å². The summed E-state index contributed by atoms with van der Waals surface area (Å²) in [5.74, 6) is 0. The molecule has 0 radical (unpaired) electrons. The smallest absolute Gasteiger partial charge is 0.272 e. The third-order valence-corrected chi connectivity index (χ3v) is 3.35. The summed E-state index contributed by atoms with van der Waals surface area (Å²) in [6.07, 6.45) is 0. The summed E-state index contributed by atoms with van der Waals surface area (Å²) in [6.45, 7) is 0. The standard InChI is InChI=1S/C16H15N3O/c1-19(2)12-9-7-11(8-10-12)15-13-5-3-4-6-14(13)17-18-16(15)20/h3-10H,1-2H3,(H,18,20). The maximum atomic E-state index is 12.1. The first-order valence-corrected chi connectivity index (χ1v) is 6.42. The van der Waals surface area contributed by atoms with Gasteiger partial charge in [0.25, 0.3) is 5.56 Å². The highest BCUT2D eigenvalue weighted by atomic mass is 16.1. The minimum absolute atomic E-state index is 0.165. The quantitative estimate of drug-likeness (QED) is 0.775. The van der Waals surface area contributed by atoms with Gasteiger partial charge in [0, 0.05) is 25.2 Å². The van der Waals surface area contributed by atoms with E-state index in [0.717, 1.165) is 22.2 Å². The van der Waals surface area contributed by atoms with Gasteiger partial charge in [-0.3, -0.25) is 4.79 Å². The Hall–Kier alpha value is -2.62. The number of fused-ring (bicyclic) bond motifs is 1. The predicted molar refractivity (Wildman–Crippen MR) is 82.1 cm³/mol. The van der Waals surface area contributed by atoms with E-state index in [1.165, 1.54) is 0 Å². The topological polar surface area (TPSA) is 49.0 Å². The number of nitrogens with zero attached hydrogens (tertiary/aromatic N) is 2. The van der Waals surface area contributed by atoms with Gasteiger partial charge >= 0.3 is 0 Å². The zero-order valence-corrected chi connectivity index (χ0v) is 11.4. The lowest BCUT2D eigenvalue weighted by molar-refractivity contribution is 1.03. The summed E-state index contributed by atoms with van der Waals surface area (Å²) in [7, 11) is 3.98. The van der Waals surface area contributed by atoms with E-state index in [1.807, 2.05) is 67.5 Å². The molecule has 3 rings (SSSR count). The molecule has 0 bridgehead atoms. The molecule has 0 unspecified atom stereocenters. The van der Waals surface area contributed by atoms with E-state index in [2.05, 4.69) is 10.2 Å². The third kappa shape index (κ3) is 2.05. The summed E-state index contributed by atoms with van der Waals surface area (Å²) < 4.78 is 0. The summed E-state index contributed by atoms with van der Waals surface area (Å²) in [5, 5.41) is 7.50. The highest BCUT2D eigenvalue weighted by Gasteiger charge is 2.09. The van der Waals surface area contributed by atoms with E-state index in [-0.39, 0.29) is 5.56 Å². The van der Waals surface area contributed by atoms with Gasteiger partial charge in [-0.2, -0.15) is 5.10 Å². The second-order valence-electron chi connectivity index (χ2n) is 4.89. The van der Waals surface area contributed by atoms with Crippen molar-refractivity contribution in [1.29, 1.82) is 0 Å². The van der Waals surface area contributed by atoms with Gasteiger partial charge in [-0.15, -0.1) is 0 Å². The fourth-order valence-corrected chi connectivity index (χ4v) is 2.28. The summed E-state index contributed by atoms with van der Waals surface area (Å²) in [4.78, 5) is 14.2. The van der Waals surface area contributed by atoms with Crippen molar-refractivity contribution in [2.75, 3.05) is 19.0 Å². The summed E-state index contributed by atoms with van der Waals surface area (Å²) in [5.41, 5.74) is 3.29. The zero-order chi connectivity index (χ0) is 14.1. The Morgan fingerprint density at radius 2 is 1.70 bits per heavy atom.